The Morgan fingerprint density at radius 2 is 2.12 bits per heavy atom. The standard InChI is InChI=1S/C13H17NO2/c1-9-2-4-10(5-3-9)8-11-6-7-14-12(11)13(15)16/h2-5,11-12,14H,6-8H2,1H3,(H,15,16)/t11?,12-/m0/s1. The molecule has 0 spiro atoms. The lowest BCUT2D eigenvalue weighted by molar-refractivity contribution is -0.140. The quantitative estimate of drug-likeness (QED) is 0.811. The number of nitrogens with one attached hydrogen (secondary N) is 1. The third-order valence-corrected chi connectivity index (χ3v) is 3.24. The molecule has 0 aromatic heterocycles. The Kier molecular flexibility index (Phi) is 3.25. The maximum Gasteiger partial charge on any atom is 0.320 e. The van der Waals surface area contributed by atoms with Crippen LogP contribution >= 0.6 is 0 Å². The molecule has 1 aromatic rings. The Hall–Kier alpha value is -1.35. The van der Waals surface area contributed by atoms with Crippen LogP contribution in [0.3, 0.4) is 0 Å². The van der Waals surface area contributed by atoms with Crippen LogP contribution in [-0.4, -0.2) is 23.7 Å². The van der Waals surface area contributed by atoms with Gasteiger partial charge in [0.15, 0.2) is 0 Å². The van der Waals surface area contributed by atoms with E-state index in [-0.39, 0.29) is 12.0 Å². The fourth-order valence-electron chi connectivity index (χ4n) is 2.29. The number of hydrogen-bond donors (Lipinski definition) is 2. The molecular weight excluding hydrogens is 202 g/mol. The summed E-state index contributed by atoms with van der Waals surface area (Å²) >= 11 is 0. The summed E-state index contributed by atoms with van der Waals surface area (Å²) in [5.74, 6) is -0.505. The number of rotatable bonds is 3. The lowest BCUT2D eigenvalue weighted by Gasteiger charge is -2.15. The van der Waals surface area contributed by atoms with E-state index in [1.54, 1.807) is 0 Å². The minimum atomic E-state index is -0.727. The molecule has 0 radical (unpaired) electrons. The minimum absolute atomic E-state index is 0.222. The summed E-state index contributed by atoms with van der Waals surface area (Å²) in [6, 6.07) is 7.96. The molecule has 0 aliphatic carbocycles. The summed E-state index contributed by atoms with van der Waals surface area (Å²) in [5.41, 5.74) is 2.47. The van der Waals surface area contributed by atoms with Gasteiger partial charge in [0.05, 0.1) is 0 Å². The number of aryl methyl sites for hydroxylation is 1. The fraction of sp³-hybridized carbons (Fsp3) is 0.462. The first-order valence-corrected chi connectivity index (χ1v) is 5.68. The molecule has 0 saturated carbocycles. The minimum Gasteiger partial charge on any atom is -0.480 e. The predicted octanol–water partition coefficient (Wildman–Crippen LogP) is 1.60. The summed E-state index contributed by atoms with van der Waals surface area (Å²) in [6.45, 7) is 2.87. The molecule has 1 aliphatic rings. The van der Waals surface area contributed by atoms with Gasteiger partial charge >= 0.3 is 5.97 Å². The van der Waals surface area contributed by atoms with E-state index < -0.39 is 5.97 Å². The second-order valence-electron chi connectivity index (χ2n) is 4.51. The van der Waals surface area contributed by atoms with E-state index in [4.69, 9.17) is 5.11 Å². The van der Waals surface area contributed by atoms with Crippen molar-refractivity contribution in [1.82, 2.24) is 5.32 Å². The maximum atomic E-state index is 11.0. The van der Waals surface area contributed by atoms with Gasteiger partial charge in [0.25, 0.3) is 0 Å². The molecule has 16 heavy (non-hydrogen) atoms. The van der Waals surface area contributed by atoms with E-state index in [0.29, 0.717) is 0 Å². The number of aliphatic carboxylic acids is 1. The van der Waals surface area contributed by atoms with Gasteiger partial charge in [0.1, 0.15) is 6.04 Å². The Morgan fingerprint density at radius 3 is 2.75 bits per heavy atom. The molecule has 1 fully saturated rings. The van der Waals surface area contributed by atoms with Crippen molar-refractivity contribution in [3.05, 3.63) is 35.4 Å². The van der Waals surface area contributed by atoms with Gasteiger partial charge in [-0.25, -0.2) is 0 Å². The molecule has 1 aliphatic heterocycles. The average molecular weight is 219 g/mol. The second-order valence-corrected chi connectivity index (χ2v) is 4.51. The third-order valence-electron chi connectivity index (χ3n) is 3.24. The highest BCUT2D eigenvalue weighted by molar-refractivity contribution is 5.74. The van der Waals surface area contributed by atoms with Crippen molar-refractivity contribution >= 4 is 5.97 Å². The SMILES string of the molecule is Cc1ccc(CC2CCN[C@@H]2C(=O)O)cc1. The third kappa shape index (κ3) is 2.42. The molecule has 0 bridgehead atoms. The van der Waals surface area contributed by atoms with E-state index in [0.717, 1.165) is 19.4 Å². The van der Waals surface area contributed by atoms with Gasteiger partial charge in [-0.15, -0.1) is 0 Å². The summed E-state index contributed by atoms with van der Waals surface area (Å²) < 4.78 is 0. The summed E-state index contributed by atoms with van der Waals surface area (Å²) in [5, 5.41) is 12.1. The Labute approximate surface area is 95.5 Å². The molecule has 1 heterocycles. The number of benzene rings is 1. The molecule has 0 amide bonds. The zero-order chi connectivity index (χ0) is 11.5. The zero-order valence-corrected chi connectivity index (χ0v) is 9.44. The molecule has 1 aromatic carbocycles. The molecule has 3 heteroatoms. The normalized spacial score (nSPS) is 24.6. The fourth-order valence-corrected chi connectivity index (χ4v) is 2.29. The van der Waals surface area contributed by atoms with Crippen molar-refractivity contribution in [3.63, 3.8) is 0 Å². The summed E-state index contributed by atoms with van der Waals surface area (Å²) in [4.78, 5) is 11.0. The van der Waals surface area contributed by atoms with E-state index in [1.165, 1.54) is 11.1 Å². The smallest absolute Gasteiger partial charge is 0.320 e. The van der Waals surface area contributed by atoms with Gasteiger partial charge in [-0.3, -0.25) is 4.79 Å². The highest BCUT2D eigenvalue weighted by Crippen LogP contribution is 2.21. The molecule has 2 atom stereocenters. The molecule has 2 N–H and O–H groups in total. The van der Waals surface area contributed by atoms with Crippen molar-refractivity contribution in [2.75, 3.05) is 6.54 Å². The zero-order valence-electron chi connectivity index (χ0n) is 9.44. The van der Waals surface area contributed by atoms with Crippen molar-refractivity contribution in [2.24, 2.45) is 5.92 Å². The Bertz CT molecular complexity index is 372. The lowest BCUT2D eigenvalue weighted by atomic mass is 9.92. The summed E-state index contributed by atoms with van der Waals surface area (Å²) in [6.07, 6.45) is 1.80. The average Bonchev–Trinajstić information content (AvgIpc) is 2.69. The van der Waals surface area contributed by atoms with Gasteiger partial charge in [-0.2, -0.15) is 0 Å². The van der Waals surface area contributed by atoms with Crippen LogP contribution in [0.1, 0.15) is 17.5 Å². The van der Waals surface area contributed by atoms with E-state index in [2.05, 4.69) is 36.5 Å². The summed E-state index contributed by atoms with van der Waals surface area (Å²) in [7, 11) is 0. The number of carboxylic acids is 1. The number of carbonyl (C=O) groups is 1. The highest BCUT2D eigenvalue weighted by atomic mass is 16.4. The van der Waals surface area contributed by atoms with Crippen LogP contribution in [-0.2, 0) is 11.2 Å². The lowest BCUT2D eigenvalue weighted by Crippen LogP contribution is -2.36. The van der Waals surface area contributed by atoms with Crippen LogP contribution in [0.15, 0.2) is 24.3 Å². The van der Waals surface area contributed by atoms with Crippen molar-refractivity contribution in [1.29, 1.82) is 0 Å². The molecule has 3 nitrogen and oxygen atoms in total. The second kappa shape index (κ2) is 4.66. The van der Waals surface area contributed by atoms with E-state index in [9.17, 15) is 4.79 Å². The van der Waals surface area contributed by atoms with Crippen LogP contribution in [0, 0.1) is 12.8 Å². The Balaban J connectivity index is 2.03. The van der Waals surface area contributed by atoms with Crippen LogP contribution in [0.2, 0.25) is 0 Å². The first-order chi connectivity index (χ1) is 7.66. The molecule has 86 valence electrons. The van der Waals surface area contributed by atoms with Crippen molar-refractivity contribution in [2.45, 2.75) is 25.8 Å². The first kappa shape index (κ1) is 11.1. The number of carboxylic acid groups (broad SMARTS) is 1. The van der Waals surface area contributed by atoms with Crippen LogP contribution in [0.4, 0.5) is 0 Å². The van der Waals surface area contributed by atoms with Gasteiger partial charge in [0.2, 0.25) is 0 Å². The van der Waals surface area contributed by atoms with Gasteiger partial charge in [-0.1, -0.05) is 29.8 Å². The van der Waals surface area contributed by atoms with Crippen LogP contribution < -0.4 is 5.32 Å². The predicted molar refractivity (Wildman–Crippen MR) is 62.4 cm³/mol. The van der Waals surface area contributed by atoms with Crippen LogP contribution in [0.25, 0.3) is 0 Å². The largest absolute Gasteiger partial charge is 0.480 e. The topological polar surface area (TPSA) is 49.3 Å². The van der Waals surface area contributed by atoms with E-state index >= 15 is 0 Å². The van der Waals surface area contributed by atoms with E-state index in [1.807, 2.05) is 0 Å². The molecule has 1 unspecified atom stereocenters. The van der Waals surface area contributed by atoms with Gasteiger partial charge in [-0.05, 0) is 37.8 Å². The van der Waals surface area contributed by atoms with Crippen LogP contribution in [0.5, 0.6) is 0 Å². The maximum absolute atomic E-state index is 11.0. The monoisotopic (exact) mass is 219 g/mol. The molecular formula is C13H17NO2. The van der Waals surface area contributed by atoms with Gasteiger partial charge in [0, 0.05) is 0 Å². The first-order valence-electron chi connectivity index (χ1n) is 5.68. The molecule has 2 rings (SSSR count). The highest BCUT2D eigenvalue weighted by Gasteiger charge is 2.32. The number of hydrogen-bond acceptors (Lipinski definition) is 2. The van der Waals surface area contributed by atoms with Crippen molar-refractivity contribution < 1.29 is 9.90 Å². The molecule has 1 saturated heterocycles. The Morgan fingerprint density at radius 1 is 1.44 bits per heavy atom. The van der Waals surface area contributed by atoms with Crippen molar-refractivity contribution in [3.8, 4) is 0 Å². The van der Waals surface area contributed by atoms with Gasteiger partial charge < -0.3 is 10.4 Å².